The first-order valence-corrected chi connectivity index (χ1v) is 7.17. The van der Waals surface area contributed by atoms with Crippen LogP contribution in [0, 0.1) is 0 Å². The third-order valence-corrected chi connectivity index (χ3v) is 3.46. The summed E-state index contributed by atoms with van der Waals surface area (Å²) in [5.74, 6) is 0.504. The summed E-state index contributed by atoms with van der Waals surface area (Å²) in [6.07, 6.45) is 2.07. The molecule has 0 saturated carbocycles. The van der Waals surface area contributed by atoms with Gasteiger partial charge in [0.15, 0.2) is 0 Å². The molecule has 2 aromatic rings. The quantitative estimate of drug-likeness (QED) is 0.769. The predicted molar refractivity (Wildman–Crippen MR) is 81.3 cm³/mol. The molecule has 0 aliphatic rings. The van der Waals surface area contributed by atoms with Crippen LogP contribution < -0.4 is 10.6 Å². The van der Waals surface area contributed by atoms with Gasteiger partial charge in [-0.05, 0) is 23.6 Å². The van der Waals surface area contributed by atoms with E-state index in [-0.39, 0.29) is 5.91 Å². The van der Waals surface area contributed by atoms with Gasteiger partial charge in [0.1, 0.15) is 5.82 Å². The molecule has 20 heavy (non-hydrogen) atoms. The zero-order chi connectivity index (χ0) is 14.2. The molecule has 2 heterocycles. The number of amides is 1. The Balaban J connectivity index is 1.82. The van der Waals surface area contributed by atoms with Gasteiger partial charge in [0, 0.05) is 18.5 Å². The molecule has 0 saturated heterocycles. The summed E-state index contributed by atoms with van der Waals surface area (Å²) in [6.45, 7) is 1.36. The average molecular weight is 291 g/mol. The van der Waals surface area contributed by atoms with E-state index in [9.17, 15) is 4.79 Å². The standard InChI is InChI=1S/C14H17N3O2S/c1-19-7-6-15-11-4-5-13(16-10-11)17-14(18)9-12-3-2-8-20-12/h2-5,8,10,15H,6-7,9H2,1H3,(H,16,17,18). The van der Waals surface area contributed by atoms with Crippen molar-refractivity contribution in [3.05, 3.63) is 40.7 Å². The SMILES string of the molecule is COCCNc1ccc(NC(=O)Cc2cccs2)nc1. The van der Waals surface area contributed by atoms with Crippen LogP contribution in [-0.2, 0) is 16.0 Å². The first-order valence-electron chi connectivity index (χ1n) is 6.29. The number of pyridine rings is 1. The lowest BCUT2D eigenvalue weighted by molar-refractivity contribution is -0.115. The molecule has 0 aromatic carbocycles. The number of carbonyl (C=O) groups excluding carboxylic acids is 1. The monoisotopic (exact) mass is 291 g/mol. The molecule has 0 bridgehead atoms. The third kappa shape index (κ3) is 4.64. The highest BCUT2D eigenvalue weighted by atomic mass is 32.1. The molecule has 2 aromatic heterocycles. The van der Waals surface area contributed by atoms with Gasteiger partial charge in [-0.1, -0.05) is 6.07 Å². The van der Waals surface area contributed by atoms with E-state index in [1.807, 2.05) is 23.6 Å². The topological polar surface area (TPSA) is 63.2 Å². The fourth-order valence-electron chi connectivity index (χ4n) is 1.63. The van der Waals surface area contributed by atoms with Gasteiger partial charge in [0.2, 0.25) is 5.91 Å². The fourth-order valence-corrected chi connectivity index (χ4v) is 2.33. The number of nitrogens with one attached hydrogen (secondary N) is 2. The van der Waals surface area contributed by atoms with Crippen LogP contribution in [-0.4, -0.2) is 31.2 Å². The molecule has 106 valence electrons. The molecule has 0 radical (unpaired) electrons. The lowest BCUT2D eigenvalue weighted by Gasteiger charge is -2.07. The Morgan fingerprint density at radius 3 is 2.95 bits per heavy atom. The van der Waals surface area contributed by atoms with Crippen molar-refractivity contribution in [1.82, 2.24) is 4.98 Å². The summed E-state index contributed by atoms with van der Waals surface area (Å²) in [6, 6.07) is 7.54. The normalized spacial score (nSPS) is 10.2. The number of carbonyl (C=O) groups is 1. The number of methoxy groups -OCH3 is 1. The first-order chi connectivity index (χ1) is 9.78. The van der Waals surface area contributed by atoms with Crippen molar-refractivity contribution in [2.24, 2.45) is 0 Å². The van der Waals surface area contributed by atoms with Gasteiger partial charge in [-0.25, -0.2) is 4.98 Å². The molecular weight excluding hydrogens is 274 g/mol. The molecule has 0 fully saturated rings. The van der Waals surface area contributed by atoms with Crippen LogP contribution >= 0.6 is 11.3 Å². The maximum Gasteiger partial charge on any atom is 0.230 e. The molecular formula is C14H17N3O2S. The number of thiophene rings is 1. The number of ether oxygens (including phenoxy) is 1. The summed E-state index contributed by atoms with van der Waals surface area (Å²) < 4.78 is 4.95. The van der Waals surface area contributed by atoms with Crippen molar-refractivity contribution >= 4 is 28.7 Å². The molecule has 0 spiro atoms. The number of rotatable bonds is 7. The Hall–Kier alpha value is -1.92. The number of anilines is 2. The lowest BCUT2D eigenvalue weighted by Crippen LogP contribution is -2.15. The maximum atomic E-state index is 11.8. The summed E-state index contributed by atoms with van der Waals surface area (Å²) in [4.78, 5) is 17.0. The van der Waals surface area contributed by atoms with E-state index in [0.29, 0.717) is 18.8 Å². The molecule has 2 rings (SSSR count). The number of hydrogen-bond donors (Lipinski definition) is 2. The molecule has 6 heteroatoms. The van der Waals surface area contributed by atoms with Gasteiger partial charge >= 0.3 is 0 Å². The van der Waals surface area contributed by atoms with Crippen molar-refractivity contribution in [1.29, 1.82) is 0 Å². The predicted octanol–water partition coefficient (Wildman–Crippen LogP) is 2.38. The van der Waals surface area contributed by atoms with Crippen LogP contribution in [0.2, 0.25) is 0 Å². The Morgan fingerprint density at radius 1 is 1.40 bits per heavy atom. The highest BCUT2D eigenvalue weighted by Crippen LogP contribution is 2.12. The minimum absolute atomic E-state index is 0.0555. The second-order valence-corrected chi connectivity index (χ2v) is 5.19. The van der Waals surface area contributed by atoms with Gasteiger partial charge < -0.3 is 15.4 Å². The Bertz CT molecular complexity index is 526. The number of nitrogens with zero attached hydrogens (tertiary/aromatic N) is 1. The lowest BCUT2D eigenvalue weighted by atomic mass is 10.3. The second-order valence-electron chi connectivity index (χ2n) is 4.16. The molecule has 0 aliphatic carbocycles. The van der Waals surface area contributed by atoms with Crippen molar-refractivity contribution < 1.29 is 9.53 Å². The largest absolute Gasteiger partial charge is 0.383 e. The van der Waals surface area contributed by atoms with E-state index in [2.05, 4.69) is 15.6 Å². The van der Waals surface area contributed by atoms with E-state index in [0.717, 1.165) is 17.1 Å². The zero-order valence-corrected chi connectivity index (χ0v) is 12.1. The van der Waals surface area contributed by atoms with Crippen LogP contribution in [0.15, 0.2) is 35.8 Å². The van der Waals surface area contributed by atoms with Crippen LogP contribution in [0.3, 0.4) is 0 Å². The van der Waals surface area contributed by atoms with Gasteiger partial charge in [-0.15, -0.1) is 11.3 Å². The van der Waals surface area contributed by atoms with Crippen molar-refractivity contribution in [3.63, 3.8) is 0 Å². The number of aromatic nitrogens is 1. The van der Waals surface area contributed by atoms with Crippen LogP contribution in [0.1, 0.15) is 4.88 Å². The third-order valence-electron chi connectivity index (χ3n) is 2.58. The Morgan fingerprint density at radius 2 is 2.30 bits per heavy atom. The zero-order valence-electron chi connectivity index (χ0n) is 11.3. The Kier molecular flexibility index (Phi) is 5.52. The van der Waals surface area contributed by atoms with Crippen LogP contribution in [0.4, 0.5) is 11.5 Å². The summed E-state index contributed by atoms with van der Waals surface area (Å²) in [7, 11) is 1.66. The summed E-state index contributed by atoms with van der Waals surface area (Å²) >= 11 is 1.57. The fraction of sp³-hybridized carbons (Fsp3) is 0.286. The van der Waals surface area contributed by atoms with Gasteiger partial charge in [-0.2, -0.15) is 0 Å². The van der Waals surface area contributed by atoms with Gasteiger partial charge in [-0.3, -0.25) is 4.79 Å². The minimum Gasteiger partial charge on any atom is -0.383 e. The molecule has 1 amide bonds. The molecule has 5 nitrogen and oxygen atoms in total. The van der Waals surface area contributed by atoms with E-state index < -0.39 is 0 Å². The number of hydrogen-bond acceptors (Lipinski definition) is 5. The van der Waals surface area contributed by atoms with E-state index in [1.165, 1.54) is 0 Å². The van der Waals surface area contributed by atoms with Crippen LogP contribution in [0.5, 0.6) is 0 Å². The van der Waals surface area contributed by atoms with Crippen LogP contribution in [0.25, 0.3) is 0 Å². The van der Waals surface area contributed by atoms with Gasteiger partial charge in [0.05, 0.1) is 24.9 Å². The van der Waals surface area contributed by atoms with E-state index >= 15 is 0 Å². The average Bonchev–Trinajstić information content (AvgIpc) is 2.94. The smallest absolute Gasteiger partial charge is 0.230 e. The second kappa shape index (κ2) is 7.62. The summed E-state index contributed by atoms with van der Waals surface area (Å²) in [5, 5.41) is 7.90. The molecule has 0 aliphatic heterocycles. The van der Waals surface area contributed by atoms with Crippen molar-refractivity contribution in [3.8, 4) is 0 Å². The molecule has 0 atom stereocenters. The molecule has 2 N–H and O–H groups in total. The Labute approximate surface area is 122 Å². The minimum atomic E-state index is -0.0555. The van der Waals surface area contributed by atoms with Gasteiger partial charge in [0.25, 0.3) is 0 Å². The van der Waals surface area contributed by atoms with E-state index in [4.69, 9.17) is 4.74 Å². The summed E-state index contributed by atoms with van der Waals surface area (Å²) in [5.41, 5.74) is 0.901. The highest BCUT2D eigenvalue weighted by Gasteiger charge is 2.05. The highest BCUT2D eigenvalue weighted by molar-refractivity contribution is 7.10. The van der Waals surface area contributed by atoms with Crippen molar-refractivity contribution in [2.75, 3.05) is 30.9 Å². The van der Waals surface area contributed by atoms with Crippen molar-refractivity contribution in [2.45, 2.75) is 6.42 Å². The first kappa shape index (κ1) is 14.5. The maximum absolute atomic E-state index is 11.8. The van der Waals surface area contributed by atoms with E-state index in [1.54, 1.807) is 30.7 Å². The molecule has 0 unspecified atom stereocenters.